The quantitative estimate of drug-likeness (QED) is 0.921. The Morgan fingerprint density at radius 2 is 1.90 bits per heavy atom. The van der Waals surface area contributed by atoms with Gasteiger partial charge in [-0.15, -0.1) is 0 Å². The van der Waals surface area contributed by atoms with Gasteiger partial charge in [-0.1, -0.05) is 35.9 Å². The molecule has 0 saturated carbocycles. The third-order valence-corrected chi connectivity index (χ3v) is 4.28. The molecule has 2 aromatic carbocycles. The van der Waals surface area contributed by atoms with E-state index in [0.717, 1.165) is 11.3 Å². The Kier molecular flexibility index (Phi) is 3.98. The lowest BCUT2D eigenvalue weighted by atomic mass is 9.95. The lowest BCUT2D eigenvalue weighted by molar-refractivity contribution is 0.335. The number of nitrogens with two attached hydrogens (primary N) is 1. The van der Waals surface area contributed by atoms with E-state index < -0.39 is 0 Å². The summed E-state index contributed by atoms with van der Waals surface area (Å²) in [6.45, 7) is 4.76. The van der Waals surface area contributed by atoms with Crippen molar-refractivity contribution in [1.82, 2.24) is 0 Å². The van der Waals surface area contributed by atoms with E-state index in [2.05, 4.69) is 37.3 Å². The lowest BCUT2D eigenvalue weighted by Gasteiger charge is -2.18. The number of hydrogen-bond acceptors (Lipinski definition) is 2. The minimum atomic E-state index is -0.127. The molecule has 0 radical (unpaired) electrons. The topological polar surface area (TPSA) is 35.2 Å². The first kappa shape index (κ1) is 14.2. The van der Waals surface area contributed by atoms with Crippen molar-refractivity contribution in [2.24, 2.45) is 5.73 Å². The predicted molar refractivity (Wildman–Crippen MR) is 86.8 cm³/mol. The van der Waals surface area contributed by atoms with Crippen molar-refractivity contribution in [3.05, 3.63) is 64.2 Å². The third-order valence-electron chi connectivity index (χ3n) is 4.28. The first-order valence-electron chi connectivity index (χ1n) is 7.79. The van der Waals surface area contributed by atoms with Crippen molar-refractivity contribution in [3.8, 4) is 5.75 Å². The van der Waals surface area contributed by atoms with Gasteiger partial charge in [0.25, 0.3) is 0 Å². The van der Waals surface area contributed by atoms with E-state index in [-0.39, 0.29) is 6.04 Å². The monoisotopic (exact) mass is 281 g/mol. The summed E-state index contributed by atoms with van der Waals surface area (Å²) < 4.78 is 5.75. The largest absolute Gasteiger partial charge is 0.494 e. The molecule has 0 heterocycles. The molecule has 1 aliphatic carbocycles. The van der Waals surface area contributed by atoms with Crippen molar-refractivity contribution in [1.29, 1.82) is 0 Å². The van der Waals surface area contributed by atoms with Gasteiger partial charge in [-0.2, -0.15) is 0 Å². The maximum atomic E-state index is 6.53. The molecule has 1 aliphatic rings. The van der Waals surface area contributed by atoms with Crippen LogP contribution in [-0.2, 0) is 12.8 Å². The highest BCUT2D eigenvalue weighted by Crippen LogP contribution is 2.32. The van der Waals surface area contributed by atoms with Crippen LogP contribution in [0.3, 0.4) is 0 Å². The van der Waals surface area contributed by atoms with Crippen molar-refractivity contribution in [2.45, 2.75) is 39.2 Å². The van der Waals surface area contributed by atoms with E-state index in [1.807, 2.05) is 13.0 Å². The van der Waals surface area contributed by atoms with Gasteiger partial charge in [-0.05, 0) is 55.9 Å². The second kappa shape index (κ2) is 5.90. The molecular formula is C19H23NO. The molecule has 0 aromatic heterocycles. The van der Waals surface area contributed by atoms with Crippen LogP contribution in [0.2, 0.25) is 0 Å². The molecule has 0 bridgehead atoms. The van der Waals surface area contributed by atoms with Crippen LogP contribution in [0.4, 0.5) is 0 Å². The molecule has 0 saturated heterocycles. The summed E-state index contributed by atoms with van der Waals surface area (Å²) in [7, 11) is 0. The van der Waals surface area contributed by atoms with Gasteiger partial charge in [0, 0.05) is 5.56 Å². The molecular weight excluding hydrogens is 258 g/mol. The van der Waals surface area contributed by atoms with Crippen molar-refractivity contribution in [2.75, 3.05) is 6.61 Å². The molecule has 3 rings (SSSR count). The predicted octanol–water partition coefficient (Wildman–Crippen LogP) is 3.93. The van der Waals surface area contributed by atoms with Gasteiger partial charge in [0.15, 0.2) is 0 Å². The molecule has 0 fully saturated rings. The van der Waals surface area contributed by atoms with Crippen LogP contribution in [0.25, 0.3) is 0 Å². The van der Waals surface area contributed by atoms with Crippen LogP contribution in [0, 0.1) is 6.92 Å². The summed E-state index contributed by atoms with van der Waals surface area (Å²) in [4.78, 5) is 0. The van der Waals surface area contributed by atoms with Gasteiger partial charge in [-0.25, -0.2) is 0 Å². The smallest absolute Gasteiger partial charge is 0.124 e. The first-order chi connectivity index (χ1) is 10.2. The summed E-state index contributed by atoms with van der Waals surface area (Å²) in [5.41, 5.74) is 13.0. The molecule has 0 spiro atoms. The number of ether oxygens (including phenoxy) is 1. The number of aryl methyl sites for hydroxylation is 3. The molecule has 2 nitrogen and oxygen atoms in total. The van der Waals surface area contributed by atoms with E-state index in [1.54, 1.807) is 0 Å². The average Bonchev–Trinajstić information content (AvgIpc) is 2.96. The molecule has 2 heteroatoms. The summed E-state index contributed by atoms with van der Waals surface area (Å²) in [5, 5.41) is 0. The van der Waals surface area contributed by atoms with Gasteiger partial charge < -0.3 is 10.5 Å². The minimum Gasteiger partial charge on any atom is -0.494 e. The van der Waals surface area contributed by atoms with Crippen LogP contribution in [-0.4, -0.2) is 6.61 Å². The Bertz CT molecular complexity index is 648. The number of fused-ring (bicyclic) bond motifs is 1. The second-order valence-electron chi connectivity index (χ2n) is 5.83. The molecule has 110 valence electrons. The van der Waals surface area contributed by atoms with Crippen LogP contribution < -0.4 is 10.5 Å². The second-order valence-corrected chi connectivity index (χ2v) is 5.83. The van der Waals surface area contributed by atoms with E-state index in [0.29, 0.717) is 6.61 Å². The Labute approximate surface area is 126 Å². The van der Waals surface area contributed by atoms with Crippen LogP contribution in [0.5, 0.6) is 5.75 Å². The fourth-order valence-corrected chi connectivity index (χ4v) is 3.16. The van der Waals surface area contributed by atoms with E-state index in [4.69, 9.17) is 10.5 Å². The van der Waals surface area contributed by atoms with Gasteiger partial charge in [0.1, 0.15) is 5.75 Å². The molecule has 21 heavy (non-hydrogen) atoms. The number of rotatable bonds is 4. The maximum absolute atomic E-state index is 6.53. The van der Waals surface area contributed by atoms with Crippen LogP contribution in [0.1, 0.15) is 47.2 Å². The molecule has 1 unspecified atom stereocenters. The normalized spacial score (nSPS) is 14.8. The summed E-state index contributed by atoms with van der Waals surface area (Å²) in [5.74, 6) is 0.899. The van der Waals surface area contributed by atoms with Gasteiger partial charge >= 0.3 is 0 Å². The average molecular weight is 281 g/mol. The van der Waals surface area contributed by atoms with Crippen LogP contribution >= 0.6 is 0 Å². The third kappa shape index (κ3) is 2.81. The van der Waals surface area contributed by atoms with Crippen LogP contribution in [0.15, 0.2) is 36.4 Å². The van der Waals surface area contributed by atoms with Crippen molar-refractivity contribution < 1.29 is 4.74 Å². The maximum Gasteiger partial charge on any atom is 0.124 e. The van der Waals surface area contributed by atoms with E-state index in [1.165, 1.54) is 41.5 Å². The van der Waals surface area contributed by atoms with Crippen molar-refractivity contribution in [3.63, 3.8) is 0 Å². The van der Waals surface area contributed by atoms with E-state index in [9.17, 15) is 0 Å². The molecule has 2 N–H and O–H groups in total. The highest BCUT2D eigenvalue weighted by atomic mass is 16.5. The molecule has 0 amide bonds. The van der Waals surface area contributed by atoms with Crippen molar-refractivity contribution >= 4 is 0 Å². The van der Waals surface area contributed by atoms with Gasteiger partial charge in [-0.3, -0.25) is 0 Å². The zero-order chi connectivity index (χ0) is 14.8. The van der Waals surface area contributed by atoms with Gasteiger partial charge in [0.2, 0.25) is 0 Å². The molecule has 2 aromatic rings. The summed E-state index contributed by atoms with van der Waals surface area (Å²) in [6, 6.07) is 12.8. The zero-order valence-corrected chi connectivity index (χ0v) is 12.9. The number of hydrogen-bond donors (Lipinski definition) is 1. The standard InChI is InChI=1S/C19H23NO/c1-3-21-18-10-7-13(2)11-17(18)19(20)16-9-8-14-5-4-6-15(14)12-16/h7-12,19H,3-6,20H2,1-2H3. The Hall–Kier alpha value is -1.80. The number of benzene rings is 2. The Morgan fingerprint density at radius 3 is 2.71 bits per heavy atom. The fourth-order valence-electron chi connectivity index (χ4n) is 3.16. The fraction of sp³-hybridized carbons (Fsp3) is 0.368. The van der Waals surface area contributed by atoms with E-state index >= 15 is 0 Å². The SMILES string of the molecule is CCOc1ccc(C)cc1C(N)c1ccc2c(c1)CCC2. The minimum absolute atomic E-state index is 0.127. The first-order valence-corrected chi connectivity index (χ1v) is 7.79. The highest BCUT2D eigenvalue weighted by Gasteiger charge is 2.17. The molecule has 1 atom stereocenters. The Morgan fingerprint density at radius 1 is 1.10 bits per heavy atom. The Balaban J connectivity index is 1.97. The highest BCUT2D eigenvalue weighted by molar-refractivity contribution is 5.46. The van der Waals surface area contributed by atoms with Gasteiger partial charge in [0.05, 0.1) is 12.6 Å². The zero-order valence-electron chi connectivity index (χ0n) is 12.9. The molecule has 0 aliphatic heterocycles. The summed E-state index contributed by atoms with van der Waals surface area (Å²) in [6.07, 6.45) is 3.66. The lowest BCUT2D eigenvalue weighted by Crippen LogP contribution is -2.14. The summed E-state index contributed by atoms with van der Waals surface area (Å²) >= 11 is 0.